The van der Waals surface area contributed by atoms with E-state index in [0.717, 1.165) is 35.8 Å². The number of halogens is 1. The maximum absolute atomic E-state index is 9.93. The van der Waals surface area contributed by atoms with E-state index in [1.807, 2.05) is 50.2 Å². The van der Waals surface area contributed by atoms with Crippen LogP contribution < -0.4 is 4.74 Å². The van der Waals surface area contributed by atoms with Gasteiger partial charge in [0.25, 0.3) is 0 Å². The number of hydrogen-bond donors (Lipinski definition) is 1. The Labute approximate surface area is 174 Å². The zero-order chi connectivity index (χ0) is 20.0. The van der Waals surface area contributed by atoms with Crippen molar-refractivity contribution in [3.05, 3.63) is 64.7 Å². The second kappa shape index (κ2) is 9.78. The van der Waals surface area contributed by atoms with Crippen molar-refractivity contribution in [1.29, 1.82) is 0 Å². The predicted octanol–water partition coefficient (Wildman–Crippen LogP) is 5.13. The minimum atomic E-state index is -0.685. The van der Waals surface area contributed by atoms with E-state index in [9.17, 15) is 5.11 Å². The maximum atomic E-state index is 9.93. The van der Waals surface area contributed by atoms with Gasteiger partial charge in [0.15, 0.2) is 0 Å². The average Bonchev–Trinajstić information content (AvgIpc) is 2.65. The van der Waals surface area contributed by atoms with Crippen LogP contribution in [0, 0.1) is 0 Å². The molecule has 152 valence electrons. The average molecular weight is 402 g/mol. The van der Waals surface area contributed by atoms with E-state index in [4.69, 9.17) is 16.3 Å². The van der Waals surface area contributed by atoms with Gasteiger partial charge in [-0.15, -0.1) is 0 Å². The maximum Gasteiger partial charge on any atom is 0.119 e. The molecule has 1 fully saturated rings. The third-order valence-corrected chi connectivity index (χ3v) is 5.59. The van der Waals surface area contributed by atoms with Crippen LogP contribution in [0.4, 0.5) is 0 Å². The monoisotopic (exact) mass is 401 g/mol. The Bertz CT molecular complexity index is 722. The Morgan fingerprint density at radius 1 is 1.04 bits per heavy atom. The number of aliphatic hydroxyl groups is 1. The van der Waals surface area contributed by atoms with Crippen LogP contribution in [0.25, 0.3) is 0 Å². The summed E-state index contributed by atoms with van der Waals surface area (Å²) in [6.45, 7) is 6.45. The number of rotatable bonds is 8. The minimum Gasteiger partial charge on any atom is -0.492 e. The summed E-state index contributed by atoms with van der Waals surface area (Å²) in [6, 6.07) is 16.9. The van der Waals surface area contributed by atoms with Crippen molar-refractivity contribution >= 4 is 11.6 Å². The smallest absolute Gasteiger partial charge is 0.119 e. The standard InChI is InChI=1S/C24H32ClNO2/c1-24(2,27)18-20-8-12-23(13-9-20)28-16-15-26-14-4-3-5-22(26)17-19-6-10-21(25)11-7-19/h6-13,22,27H,3-5,14-18H2,1-2H3. The van der Waals surface area contributed by atoms with Gasteiger partial charge in [0.05, 0.1) is 5.60 Å². The molecule has 0 spiro atoms. The number of likely N-dealkylation sites (tertiary alicyclic amines) is 1. The molecule has 2 aromatic rings. The van der Waals surface area contributed by atoms with E-state index in [1.165, 1.54) is 24.8 Å². The summed E-state index contributed by atoms with van der Waals surface area (Å²) in [5.74, 6) is 0.894. The van der Waals surface area contributed by atoms with Crippen molar-refractivity contribution < 1.29 is 9.84 Å². The van der Waals surface area contributed by atoms with E-state index in [-0.39, 0.29) is 0 Å². The van der Waals surface area contributed by atoms with Crippen molar-refractivity contribution in [2.75, 3.05) is 19.7 Å². The van der Waals surface area contributed by atoms with Gasteiger partial charge < -0.3 is 9.84 Å². The van der Waals surface area contributed by atoms with Crippen molar-refractivity contribution in [3.63, 3.8) is 0 Å². The molecule has 2 aromatic carbocycles. The molecule has 0 aliphatic carbocycles. The third kappa shape index (κ3) is 6.80. The highest BCUT2D eigenvalue weighted by molar-refractivity contribution is 6.30. The largest absolute Gasteiger partial charge is 0.492 e. The van der Waals surface area contributed by atoms with Crippen LogP contribution in [-0.2, 0) is 12.8 Å². The van der Waals surface area contributed by atoms with Gasteiger partial charge in [-0.25, -0.2) is 0 Å². The fraction of sp³-hybridized carbons (Fsp3) is 0.500. The molecule has 4 heteroatoms. The fourth-order valence-corrected chi connectivity index (χ4v) is 4.09. The molecule has 1 N–H and O–H groups in total. The molecule has 3 nitrogen and oxygen atoms in total. The highest BCUT2D eigenvalue weighted by Gasteiger charge is 2.22. The summed E-state index contributed by atoms with van der Waals surface area (Å²) < 4.78 is 5.99. The summed E-state index contributed by atoms with van der Waals surface area (Å²) in [6.07, 6.45) is 5.53. The van der Waals surface area contributed by atoms with E-state index in [2.05, 4.69) is 17.0 Å². The molecule has 0 radical (unpaired) electrons. The molecule has 28 heavy (non-hydrogen) atoms. The number of ether oxygens (including phenoxy) is 1. The molecule has 3 rings (SSSR count). The first-order valence-corrected chi connectivity index (χ1v) is 10.7. The lowest BCUT2D eigenvalue weighted by Gasteiger charge is -2.35. The molecular weight excluding hydrogens is 370 g/mol. The molecule has 1 heterocycles. The second-order valence-corrected chi connectivity index (χ2v) is 8.93. The molecule has 0 bridgehead atoms. The highest BCUT2D eigenvalue weighted by atomic mass is 35.5. The van der Waals surface area contributed by atoms with E-state index >= 15 is 0 Å². The first kappa shape index (κ1) is 21.2. The summed E-state index contributed by atoms with van der Waals surface area (Å²) in [7, 11) is 0. The van der Waals surface area contributed by atoms with Crippen LogP contribution in [-0.4, -0.2) is 41.3 Å². The second-order valence-electron chi connectivity index (χ2n) is 8.50. The van der Waals surface area contributed by atoms with Crippen LogP contribution in [0.1, 0.15) is 44.2 Å². The molecule has 1 unspecified atom stereocenters. The lowest BCUT2D eigenvalue weighted by molar-refractivity contribution is 0.0809. The molecule has 1 aliphatic heterocycles. The molecular formula is C24H32ClNO2. The number of hydrogen-bond acceptors (Lipinski definition) is 3. The predicted molar refractivity (Wildman–Crippen MR) is 116 cm³/mol. The van der Waals surface area contributed by atoms with Crippen LogP contribution in [0.5, 0.6) is 5.75 Å². The molecule has 1 saturated heterocycles. The van der Waals surface area contributed by atoms with E-state index < -0.39 is 5.60 Å². The van der Waals surface area contributed by atoms with Crippen molar-refractivity contribution in [2.45, 2.75) is 57.6 Å². The van der Waals surface area contributed by atoms with Gasteiger partial charge in [-0.1, -0.05) is 42.3 Å². The van der Waals surface area contributed by atoms with E-state index in [1.54, 1.807) is 0 Å². The summed E-state index contributed by atoms with van der Waals surface area (Å²) in [5, 5.41) is 10.7. The number of benzene rings is 2. The topological polar surface area (TPSA) is 32.7 Å². The Balaban J connectivity index is 1.48. The quantitative estimate of drug-likeness (QED) is 0.665. The zero-order valence-corrected chi connectivity index (χ0v) is 17.8. The van der Waals surface area contributed by atoms with Gasteiger partial charge >= 0.3 is 0 Å². The van der Waals surface area contributed by atoms with Crippen LogP contribution in [0.2, 0.25) is 5.02 Å². The van der Waals surface area contributed by atoms with Gasteiger partial charge in [0.1, 0.15) is 12.4 Å². The van der Waals surface area contributed by atoms with Crippen molar-refractivity contribution in [2.24, 2.45) is 0 Å². The van der Waals surface area contributed by atoms with Crippen LogP contribution >= 0.6 is 11.6 Å². The molecule has 0 amide bonds. The highest BCUT2D eigenvalue weighted by Crippen LogP contribution is 2.22. The SMILES string of the molecule is CC(C)(O)Cc1ccc(OCCN2CCCCC2Cc2ccc(Cl)cc2)cc1. The van der Waals surface area contributed by atoms with Crippen molar-refractivity contribution in [1.82, 2.24) is 4.90 Å². The lowest BCUT2D eigenvalue weighted by Crippen LogP contribution is -2.43. The molecule has 0 aromatic heterocycles. The minimum absolute atomic E-state index is 0.577. The Hall–Kier alpha value is -1.55. The number of piperidine rings is 1. The molecule has 1 atom stereocenters. The molecule has 0 saturated carbocycles. The van der Waals surface area contributed by atoms with Gasteiger partial charge in [0, 0.05) is 24.0 Å². The van der Waals surface area contributed by atoms with Gasteiger partial charge in [-0.05, 0) is 75.0 Å². The Morgan fingerprint density at radius 3 is 2.39 bits per heavy atom. The fourth-order valence-electron chi connectivity index (χ4n) is 3.96. The third-order valence-electron chi connectivity index (χ3n) is 5.34. The van der Waals surface area contributed by atoms with Crippen LogP contribution in [0.15, 0.2) is 48.5 Å². The number of nitrogens with zero attached hydrogens (tertiary/aromatic N) is 1. The van der Waals surface area contributed by atoms with Crippen molar-refractivity contribution in [3.8, 4) is 5.75 Å². The summed E-state index contributed by atoms with van der Waals surface area (Å²) >= 11 is 6.01. The van der Waals surface area contributed by atoms with Gasteiger partial charge in [0.2, 0.25) is 0 Å². The summed E-state index contributed by atoms with van der Waals surface area (Å²) in [4.78, 5) is 2.57. The lowest BCUT2D eigenvalue weighted by atomic mass is 9.95. The van der Waals surface area contributed by atoms with E-state index in [0.29, 0.717) is 19.1 Å². The Morgan fingerprint density at radius 2 is 1.71 bits per heavy atom. The molecule has 1 aliphatic rings. The van der Waals surface area contributed by atoms with Gasteiger partial charge in [-0.2, -0.15) is 0 Å². The van der Waals surface area contributed by atoms with Crippen LogP contribution in [0.3, 0.4) is 0 Å². The first-order valence-electron chi connectivity index (χ1n) is 10.3. The normalized spacial score (nSPS) is 18.2. The first-order chi connectivity index (χ1) is 13.4. The summed E-state index contributed by atoms with van der Waals surface area (Å²) in [5.41, 5.74) is 1.79. The Kier molecular flexibility index (Phi) is 7.39. The zero-order valence-electron chi connectivity index (χ0n) is 17.0. The van der Waals surface area contributed by atoms with Gasteiger partial charge in [-0.3, -0.25) is 4.90 Å².